The van der Waals surface area contributed by atoms with Crippen molar-refractivity contribution < 1.29 is 26.6 Å². The minimum absolute atomic E-state index is 0.0910. The van der Waals surface area contributed by atoms with Crippen molar-refractivity contribution in [3.63, 3.8) is 0 Å². The summed E-state index contributed by atoms with van der Waals surface area (Å²) in [5, 5.41) is -0.200. The van der Waals surface area contributed by atoms with Gasteiger partial charge in [0, 0.05) is 46.7 Å². The number of hydrogen-bond donors (Lipinski definition) is 0. The van der Waals surface area contributed by atoms with E-state index in [0.717, 1.165) is 41.9 Å². The van der Waals surface area contributed by atoms with E-state index in [2.05, 4.69) is 45.1 Å². The Morgan fingerprint density at radius 2 is 1.32 bits per heavy atom. The van der Waals surface area contributed by atoms with Crippen LogP contribution in [0, 0.1) is 70.5 Å². The van der Waals surface area contributed by atoms with Crippen LogP contribution in [-0.4, -0.2) is 58.8 Å². The van der Waals surface area contributed by atoms with Crippen LogP contribution in [0.5, 0.6) is 0 Å². The molecule has 0 N–H and O–H groups in total. The van der Waals surface area contributed by atoms with Gasteiger partial charge in [0.1, 0.15) is 0 Å². The maximum atomic E-state index is 6.74. The summed E-state index contributed by atoms with van der Waals surface area (Å²) in [6.07, 6.45) is 18.1. The fourth-order valence-electron chi connectivity index (χ4n) is 14.4. The third kappa shape index (κ3) is 3.10. The van der Waals surface area contributed by atoms with Crippen LogP contribution in [0.4, 0.5) is 0 Å². The van der Waals surface area contributed by atoms with E-state index < -0.39 is 17.6 Å². The van der Waals surface area contributed by atoms with E-state index in [4.69, 9.17) is 26.6 Å². The molecule has 0 aromatic heterocycles. The monoisotopic (exact) mass is 600 g/mol. The number of rotatable bonds is 12. The topological polar surface area (TPSA) is 55.4 Å². The minimum atomic E-state index is -3.09. The lowest BCUT2D eigenvalue weighted by atomic mass is 9.49. The molecule has 6 saturated carbocycles. The van der Waals surface area contributed by atoms with Crippen LogP contribution >= 0.6 is 0 Å². The van der Waals surface area contributed by atoms with Crippen molar-refractivity contribution >= 4 is 17.6 Å². The molecule has 8 aliphatic rings. The quantitative estimate of drug-likeness (QED) is 0.148. The molecule has 0 radical (unpaired) electrons. The van der Waals surface area contributed by atoms with Crippen LogP contribution in [0.3, 0.4) is 0 Å². The Bertz CT molecular complexity index is 1080. The van der Waals surface area contributed by atoms with Gasteiger partial charge in [-0.15, -0.1) is 0 Å². The van der Waals surface area contributed by atoms with E-state index in [1.54, 1.807) is 0 Å². The molecular weight excluding hydrogens is 549 g/mol. The summed E-state index contributed by atoms with van der Waals surface area (Å²) in [6.45, 7) is 8.28. The third-order valence-corrected chi connectivity index (χ3v) is 21.5. The van der Waals surface area contributed by atoms with Gasteiger partial charge in [-0.1, -0.05) is 24.3 Å². The van der Waals surface area contributed by atoms with Gasteiger partial charge in [-0.2, -0.15) is 0 Å². The Balaban J connectivity index is 1.31. The lowest BCUT2D eigenvalue weighted by Crippen LogP contribution is -2.66. The zero-order valence-electron chi connectivity index (χ0n) is 26.1. The normalized spacial score (nSPS) is 51.5. The molecule has 8 rings (SSSR count). The fraction of sp³-hybridized carbons (Fsp3) is 0.879. The molecule has 14 atom stereocenters. The first-order valence-electron chi connectivity index (χ1n) is 16.9. The summed E-state index contributed by atoms with van der Waals surface area (Å²) in [7, 11) is -0.436. The van der Waals surface area contributed by atoms with Crippen molar-refractivity contribution in [1.29, 1.82) is 0 Å². The van der Waals surface area contributed by atoms with Gasteiger partial charge in [0.05, 0.1) is 5.04 Å². The van der Waals surface area contributed by atoms with Crippen molar-refractivity contribution in [2.75, 3.05) is 41.2 Å². The van der Waals surface area contributed by atoms with E-state index in [-0.39, 0.29) is 10.5 Å². The first-order valence-corrected chi connectivity index (χ1v) is 20.4. The van der Waals surface area contributed by atoms with Crippen molar-refractivity contribution in [3.05, 3.63) is 24.3 Å². The summed E-state index contributed by atoms with van der Waals surface area (Å²) >= 11 is 0. The van der Waals surface area contributed by atoms with Gasteiger partial charge in [0.2, 0.25) is 0 Å². The van der Waals surface area contributed by atoms with Crippen molar-refractivity contribution in [1.82, 2.24) is 0 Å². The lowest BCUT2D eigenvalue weighted by molar-refractivity contribution is -0.0792. The second kappa shape index (κ2) is 9.59. The van der Waals surface area contributed by atoms with Gasteiger partial charge in [-0.05, 0) is 130 Å². The number of fused-ring (bicyclic) bond motifs is 18. The van der Waals surface area contributed by atoms with E-state index in [9.17, 15) is 0 Å². The van der Waals surface area contributed by atoms with E-state index in [0.29, 0.717) is 55.0 Å². The summed E-state index contributed by atoms with van der Waals surface area (Å²) in [5.41, 5.74) is 0.425. The molecule has 6 fully saturated rings. The highest BCUT2D eigenvalue weighted by Crippen LogP contribution is 2.89. The van der Waals surface area contributed by atoms with Crippen LogP contribution in [0.15, 0.2) is 24.3 Å². The average Bonchev–Trinajstić information content (AvgIpc) is 3.82. The van der Waals surface area contributed by atoms with Crippen LogP contribution < -0.4 is 0 Å². The summed E-state index contributed by atoms with van der Waals surface area (Å²) < 4.78 is 39.9. The molecule has 8 aliphatic carbocycles. The first-order chi connectivity index (χ1) is 19.9. The van der Waals surface area contributed by atoms with Crippen molar-refractivity contribution in [2.45, 2.75) is 69.9 Å². The fourth-order valence-corrected chi connectivity index (χ4v) is 21.4. The Kier molecular flexibility index (Phi) is 6.59. The standard InChI is InChI=1S/C33H52O6Si2/c1-7-37-40(38-8-2,39-9-3)28-18-24-17-27(28)33(26-16-23-15-25(26)30-21-11-10-20(14-21)29(23)30)31(24)22-12-13-32(33,19-22)41(34-4,35-5)36-6/h10-13,20-31H,7-9,14-19H2,1-6H3. The average molecular weight is 601 g/mol. The van der Waals surface area contributed by atoms with Crippen LogP contribution in [-0.2, 0) is 26.6 Å². The molecule has 0 aliphatic heterocycles. The van der Waals surface area contributed by atoms with Crippen LogP contribution in [0.2, 0.25) is 10.6 Å². The second-order valence-electron chi connectivity index (χ2n) is 14.8. The van der Waals surface area contributed by atoms with Gasteiger partial charge in [-0.3, -0.25) is 0 Å². The number of allylic oxidation sites excluding steroid dienone is 4. The lowest BCUT2D eigenvalue weighted by Gasteiger charge is -2.62. The van der Waals surface area contributed by atoms with Crippen molar-refractivity contribution in [3.8, 4) is 0 Å². The molecule has 41 heavy (non-hydrogen) atoms. The molecule has 228 valence electrons. The molecule has 14 unspecified atom stereocenters. The maximum Gasteiger partial charge on any atom is 0.511 e. The summed E-state index contributed by atoms with van der Waals surface area (Å²) in [6, 6.07) is 0. The van der Waals surface area contributed by atoms with Gasteiger partial charge >= 0.3 is 17.6 Å². The minimum Gasteiger partial charge on any atom is -0.376 e. The predicted molar refractivity (Wildman–Crippen MR) is 161 cm³/mol. The molecule has 0 saturated heterocycles. The van der Waals surface area contributed by atoms with Crippen LogP contribution in [0.25, 0.3) is 0 Å². The SMILES string of the molecule is CCO[Si](OCC)(OCC)C1CC2CC1C1(C3CC4CC3C3C5C=CC(C5)C43)C2C2C=CC1([Si](OC)(OC)OC)C2. The van der Waals surface area contributed by atoms with Gasteiger partial charge in [0.15, 0.2) is 0 Å². The van der Waals surface area contributed by atoms with Crippen LogP contribution in [0.1, 0.15) is 59.3 Å². The third-order valence-electron chi connectivity index (χ3n) is 14.4. The molecule has 0 heterocycles. The highest BCUT2D eigenvalue weighted by molar-refractivity contribution is 6.66. The molecule has 0 spiro atoms. The summed E-state index contributed by atoms with van der Waals surface area (Å²) in [4.78, 5) is 0. The molecule has 6 nitrogen and oxygen atoms in total. The van der Waals surface area contributed by atoms with Gasteiger partial charge in [0.25, 0.3) is 0 Å². The highest BCUT2D eigenvalue weighted by atomic mass is 28.4. The Hall–Kier alpha value is -0.326. The zero-order valence-corrected chi connectivity index (χ0v) is 28.1. The Morgan fingerprint density at radius 1 is 0.683 bits per heavy atom. The molecular formula is C33H52O6Si2. The molecule has 8 bridgehead atoms. The highest BCUT2D eigenvalue weighted by Gasteiger charge is 2.87. The number of hydrogen-bond acceptors (Lipinski definition) is 6. The van der Waals surface area contributed by atoms with E-state index in [1.165, 1.54) is 32.1 Å². The molecule has 0 aromatic rings. The molecule has 8 heteroatoms. The maximum absolute atomic E-state index is 6.74. The predicted octanol–water partition coefficient (Wildman–Crippen LogP) is 6.35. The smallest absolute Gasteiger partial charge is 0.376 e. The summed E-state index contributed by atoms with van der Waals surface area (Å²) in [5.74, 6) is 8.25. The largest absolute Gasteiger partial charge is 0.511 e. The van der Waals surface area contributed by atoms with E-state index >= 15 is 0 Å². The Morgan fingerprint density at radius 3 is 1.95 bits per heavy atom. The second-order valence-corrected chi connectivity index (χ2v) is 20.8. The van der Waals surface area contributed by atoms with E-state index in [1.807, 2.05) is 21.3 Å². The first kappa shape index (κ1) is 28.2. The Labute approximate surface area is 249 Å². The molecule has 0 amide bonds. The van der Waals surface area contributed by atoms with Crippen molar-refractivity contribution in [2.24, 2.45) is 70.5 Å². The van der Waals surface area contributed by atoms with Gasteiger partial charge in [-0.25, -0.2) is 0 Å². The van der Waals surface area contributed by atoms with Gasteiger partial charge < -0.3 is 26.6 Å². The molecule has 0 aromatic carbocycles. The zero-order chi connectivity index (χ0) is 28.4.